The van der Waals surface area contributed by atoms with Crippen LogP contribution in [-0.2, 0) is 29.4 Å². The number of rotatable bonds is 6. The van der Waals surface area contributed by atoms with Crippen molar-refractivity contribution in [3.8, 4) is 0 Å². The fourth-order valence-electron chi connectivity index (χ4n) is 3.73. The molecule has 0 radical (unpaired) electrons. The molecule has 0 unspecified atom stereocenters. The number of nitrogens with one attached hydrogen (secondary N) is 2. The molecule has 142 valence electrons. The van der Waals surface area contributed by atoms with Crippen LogP contribution in [0.2, 0.25) is 0 Å². The zero-order valence-electron chi connectivity index (χ0n) is 15.1. The first-order chi connectivity index (χ1) is 13.0. The van der Waals surface area contributed by atoms with Crippen LogP contribution in [0.4, 0.5) is 0 Å². The topological polar surface area (TPSA) is 84.0 Å². The highest BCUT2D eigenvalue weighted by Crippen LogP contribution is 2.24. The number of imidazole rings is 1. The van der Waals surface area contributed by atoms with Gasteiger partial charge in [0.25, 0.3) is 0 Å². The molecule has 0 fully saturated rings. The predicted octanol–water partition coefficient (Wildman–Crippen LogP) is 2.58. The van der Waals surface area contributed by atoms with Crippen molar-refractivity contribution in [1.82, 2.24) is 14.3 Å². The number of H-pyrrole nitrogens is 1. The maximum absolute atomic E-state index is 12.6. The Hall–Kier alpha value is -2.38. The number of fused-ring (bicyclic) bond motifs is 2. The lowest BCUT2D eigenvalue weighted by atomic mass is 9.92. The Kier molecular flexibility index (Phi) is 4.88. The largest absolute Gasteiger partial charge is 0.326 e. The second-order valence-electron chi connectivity index (χ2n) is 6.99. The molecule has 0 spiro atoms. The fourth-order valence-corrected chi connectivity index (χ4v) is 4.86. The molecule has 7 heteroatoms. The summed E-state index contributed by atoms with van der Waals surface area (Å²) in [7, 11) is -3.53. The highest BCUT2D eigenvalue weighted by atomic mass is 32.2. The molecule has 1 heterocycles. The number of aryl methyl sites for hydroxylation is 3. The lowest BCUT2D eigenvalue weighted by Crippen LogP contribution is -2.27. The van der Waals surface area contributed by atoms with Crippen LogP contribution in [0.5, 0.6) is 0 Å². The third-order valence-electron chi connectivity index (χ3n) is 5.16. The molecule has 27 heavy (non-hydrogen) atoms. The van der Waals surface area contributed by atoms with E-state index in [1.54, 1.807) is 16.7 Å². The van der Waals surface area contributed by atoms with Gasteiger partial charge in [-0.05, 0) is 67.5 Å². The molecule has 0 amide bonds. The molecule has 2 aromatic carbocycles. The molecule has 0 aliphatic heterocycles. The van der Waals surface area contributed by atoms with E-state index in [2.05, 4.69) is 9.71 Å². The molecule has 0 saturated heterocycles. The SMILES string of the molecule is O=c1[nH]c2ccccc2n1CCCNS(=O)(=O)c1ccc2c(c1)CCCC2. The summed E-state index contributed by atoms with van der Waals surface area (Å²) in [6.45, 7) is 0.737. The smallest absolute Gasteiger partial charge is 0.306 e. The van der Waals surface area contributed by atoms with Gasteiger partial charge in [-0.25, -0.2) is 17.9 Å². The number of sulfonamides is 1. The van der Waals surface area contributed by atoms with Crippen LogP contribution in [0, 0.1) is 0 Å². The quantitative estimate of drug-likeness (QED) is 0.640. The molecule has 1 aromatic heterocycles. The molecule has 6 nitrogen and oxygen atoms in total. The van der Waals surface area contributed by atoms with Crippen LogP contribution in [0.15, 0.2) is 52.2 Å². The standard InChI is InChI=1S/C20H23N3O3S/c24-20-22-18-8-3-4-9-19(18)23(20)13-5-12-21-27(25,26)17-11-10-15-6-1-2-7-16(15)14-17/h3-4,8-11,14,21H,1-2,5-7,12-13H2,(H,22,24). The average Bonchev–Trinajstić information content (AvgIpc) is 3.00. The van der Waals surface area contributed by atoms with Crippen LogP contribution in [-0.4, -0.2) is 24.5 Å². The van der Waals surface area contributed by atoms with Gasteiger partial charge in [0.1, 0.15) is 0 Å². The van der Waals surface area contributed by atoms with Crippen LogP contribution in [0.25, 0.3) is 11.0 Å². The van der Waals surface area contributed by atoms with E-state index in [0.29, 0.717) is 17.9 Å². The molecule has 0 bridgehead atoms. The number of para-hydroxylation sites is 2. The summed E-state index contributed by atoms with van der Waals surface area (Å²) in [4.78, 5) is 15.2. The lowest BCUT2D eigenvalue weighted by molar-refractivity contribution is 0.569. The average molecular weight is 385 g/mol. The summed E-state index contributed by atoms with van der Waals surface area (Å²) in [6.07, 6.45) is 4.80. The molecule has 0 saturated carbocycles. The summed E-state index contributed by atoms with van der Waals surface area (Å²) in [6, 6.07) is 12.9. The lowest BCUT2D eigenvalue weighted by Gasteiger charge is -2.16. The van der Waals surface area contributed by atoms with Crippen molar-refractivity contribution in [2.75, 3.05) is 6.54 Å². The van der Waals surface area contributed by atoms with E-state index < -0.39 is 10.0 Å². The van der Waals surface area contributed by atoms with Gasteiger partial charge in [-0.1, -0.05) is 18.2 Å². The molecular weight excluding hydrogens is 362 g/mol. The monoisotopic (exact) mass is 385 g/mol. The third-order valence-corrected chi connectivity index (χ3v) is 6.62. The van der Waals surface area contributed by atoms with Crippen LogP contribution >= 0.6 is 0 Å². The Morgan fingerprint density at radius 2 is 1.81 bits per heavy atom. The third kappa shape index (κ3) is 3.70. The van der Waals surface area contributed by atoms with Gasteiger partial charge >= 0.3 is 5.69 Å². The Morgan fingerprint density at radius 3 is 2.67 bits per heavy atom. The van der Waals surface area contributed by atoms with Crippen molar-refractivity contribution < 1.29 is 8.42 Å². The van der Waals surface area contributed by atoms with Crippen molar-refractivity contribution in [2.24, 2.45) is 0 Å². The van der Waals surface area contributed by atoms with E-state index in [0.717, 1.165) is 35.9 Å². The number of hydrogen-bond acceptors (Lipinski definition) is 3. The Morgan fingerprint density at radius 1 is 1.04 bits per heavy atom. The van der Waals surface area contributed by atoms with Gasteiger partial charge in [-0.2, -0.15) is 0 Å². The molecule has 3 aromatic rings. The zero-order chi connectivity index (χ0) is 18.9. The normalized spacial score (nSPS) is 14.4. The second-order valence-corrected chi connectivity index (χ2v) is 8.75. The van der Waals surface area contributed by atoms with E-state index >= 15 is 0 Å². The van der Waals surface area contributed by atoms with Crippen molar-refractivity contribution in [3.05, 3.63) is 64.1 Å². The Labute approximate surface area is 158 Å². The highest BCUT2D eigenvalue weighted by Gasteiger charge is 2.17. The van der Waals surface area contributed by atoms with Crippen LogP contribution in [0.3, 0.4) is 0 Å². The van der Waals surface area contributed by atoms with E-state index in [9.17, 15) is 13.2 Å². The number of aromatic nitrogens is 2. The molecule has 0 atom stereocenters. The first-order valence-electron chi connectivity index (χ1n) is 9.34. The molecule has 2 N–H and O–H groups in total. The first kappa shape index (κ1) is 18.0. The van der Waals surface area contributed by atoms with Gasteiger partial charge in [-0.3, -0.25) is 4.57 Å². The van der Waals surface area contributed by atoms with Crippen molar-refractivity contribution >= 4 is 21.1 Å². The first-order valence-corrected chi connectivity index (χ1v) is 10.8. The molecule has 4 rings (SSSR count). The predicted molar refractivity (Wildman–Crippen MR) is 105 cm³/mol. The van der Waals surface area contributed by atoms with Crippen molar-refractivity contribution in [1.29, 1.82) is 0 Å². The van der Waals surface area contributed by atoms with Crippen LogP contribution < -0.4 is 10.4 Å². The molecular formula is C20H23N3O3S. The van der Waals surface area contributed by atoms with E-state index in [-0.39, 0.29) is 12.2 Å². The van der Waals surface area contributed by atoms with Gasteiger partial charge in [0.05, 0.1) is 15.9 Å². The maximum atomic E-state index is 12.6. The van der Waals surface area contributed by atoms with Crippen molar-refractivity contribution in [2.45, 2.75) is 43.5 Å². The van der Waals surface area contributed by atoms with E-state index in [1.807, 2.05) is 30.3 Å². The molecule has 1 aliphatic rings. The van der Waals surface area contributed by atoms with Crippen LogP contribution in [0.1, 0.15) is 30.4 Å². The number of nitrogens with zero attached hydrogens (tertiary/aromatic N) is 1. The van der Waals surface area contributed by atoms with Crippen molar-refractivity contribution in [3.63, 3.8) is 0 Å². The van der Waals surface area contributed by atoms with Gasteiger partial charge in [0, 0.05) is 13.1 Å². The Bertz CT molecular complexity index is 1130. The summed E-state index contributed by atoms with van der Waals surface area (Å²) in [5.41, 5.74) is 3.86. The van der Waals surface area contributed by atoms with Gasteiger partial charge in [0.15, 0.2) is 0 Å². The highest BCUT2D eigenvalue weighted by molar-refractivity contribution is 7.89. The van der Waals surface area contributed by atoms with E-state index in [1.165, 1.54) is 12.0 Å². The second kappa shape index (κ2) is 7.32. The zero-order valence-corrected chi connectivity index (χ0v) is 15.9. The summed E-state index contributed by atoms with van der Waals surface area (Å²) in [5, 5.41) is 0. The minimum atomic E-state index is -3.53. The Balaban J connectivity index is 1.41. The van der Waals surface area contributed by atoms with Gasteiger partial charge < -0.3 is 4.98 Å². The van der Waals surface area contributed by atoms with Gasteiger partial charge in [0.2, 0.25) is 10.0 Å². The minimum Gasteiger partial charge on any atom is -0.306 e. The fraction of sp³-hybridized carbons (Fsp3) is 0.350. The maximum Gasteiger partial charge on any atom is 0.326 e. The van der Waals surface area contributed by atoms with E-state index in [4.69, 9.17) is 0 Å². The van der Waals surface area contributed by atoms with Gasteiger partial charge in [-0.15, -0.1) is 0 Å². The summed E-state index contributed by atoms with van der Waals surface area (Å²) >= 11 is 0. The number of hydrogen-bond donors (Lipinski definition) is 2. The summed E-state index contributed by atoms with van der Waals surface area (Å²) in [5.74, 6) is 0. The summed E-state index contributed by atoms with van der Waals surface area (Å²) < 4.78 is 29.4. The number of benzene rings is 2. The number of aromatic amines is 1. The minimum absolute atomic E-state index is 0.172. The molecule has 1 aliphatic carbocycles.